The van der Waals surface area contributed by atoms with E-state index in [1.54, 1.807) is 24.3 Å². The number of rotatable bonds is 5. The summed E-state index contributed by atoms with van der Waals surface area (Å²) in [4.78, 5) is 25.2. The van der Waals surface area contributed by atoms with Crippen LogP contribution in [0, 0.1) is 5.92 Å². The van der Waals surface area contributed by atoms with Crippen LogP contribution in [-0.2, 0) is 4.79 Å². The number of hydrogen-bond acceptors (Lipinski definition) is 5. The first-order valence-corrected chi connectivity index (χ1v) is 7.98. The van der Waals surface area contributed by atoms with Crippen LogP contribution >= 0.6 is 0 Å². The van der Waals surface area contributed by atoms with Gasteiger partial charge in [0.25, 0.3) is 5.91 Å². The summed E-state index contributed by atoms with van der Waals surface area (Å²) in [5, 5.41) is 19.8. The minimum Gasteiger partial charge on any atom is -0.481 e. The Labute approximate surface area is 139 Å². The molecule has 0 saturated carbocycles. The number of likely N-dealkylation sites (tertiary alicyclic amines) is 1. The third kappa shape index (κ3) is 3.76. The maximum absolute atomic E-state index is 12.6. The molecule has 1 aliphatic heterocycles. The molecule has 2 aromatic rings. The number of piperidine rings is 1. The van der Waals surface area contributed by atoms with Crippen LogP contribution in [0.1, 0.15) is 36.0 Å². The SMILES string of the molecule is O=C(O)CC[C@H]1CCCN(C(=O)c2ccc(-n3cnnn3)cc2)C1. The summed E-state index contributed by atoms with van der Waals surface area (Å²) in [6.45, 7) is 1.35. The second-order valence-electron chi connectivity index (χ2n) is 5.99. The van der Waals surface area contributed by atoms with Crippen molar-refractivity contribution in [3.05, 3.63) is 36.2 Å². The van der Waals surface area contributed by atoms with Crippen LogP contribution in [0.3, 0.4) is 0 Å². The van der Waals surface area contributed by atoms with Gasteiger partial charge in [-0.25, -0.2) is 4.68 Å². The fourth-order valence-corrected chi connectivity index (χ4v) is 3.03. The molecule has 1 aliphatic rings. The van der Waals surface area contributed by atoms with E-state index in [-0.39, 0.29) is 18.2 Å². The van der Waals surface area contributed by atoms with Crippen molar-refractivity contribution in [3.63, 3.8) is 0 Å². The first-order valence-electron chi connectivity index (χ1n) is 7.98. The van der Waals surface area contributed by atoms with E-state index in [9.17, 15) is 9.59 Å². The molecule has 3 rings (SSSR count). The van der Waals surface area contributed by atoms with Crippen molar-refractivity contribution in [1.82, 2.24) is 25.1 Å². The highest BCUT2D eigenvalue weighted by Crippen LogP contribution is 2.22. The van der Waals surface area contributed by atoms with Crippen molar-refractivity contribution in [1.29, 1.82) is 0 Å². The molecule has 0 spiro atoms. The predicted octanol–water partition coefficient (Wildman–Crippen LogP) is 1.38. The number of carbonyl (C=O) groups excluding carboxylic acids is 1. The highest BCUT2D eigenvalue weighted by Gasteiger charge is 2.24. The lowest BCUT2D eigenvalue weighted by Crippen LogP contribution is -2.40. The topological polar surface area (TPSA) is 101 Å². The van der Waals surface area contributed by atoms with Gasteiger partial charge in [-0.05, 0) is 59.9 Å². The number of carbonyl (C=O) groups is 2. The van der Waals surface area contributed by atoms with Gasteiger partial charge < -0.3 is 10.0 Å². The van der Waals surface area contributed by atoms with Gasteiger partial charge in [0, 0.05) is 25.1 Å². The maximum atomic E-state index is 12.6. The molecule has 1 fully saturated rings. The molecule has 1 N–H and O–H groups in total. The zero-order chi connectivity index (χ0) is 16.9. The minimum absolute atomic E-state index is 0.0155. The molecule has 2 heterocycles. The number of amides is 1. The van der Waals surface area contributed by atoms with Crippen LogP contribution in [0.5, 0.6) is 0 Å². The first kappa shape index (κ1) is 16.1. The smallest absolute Gasteiger partial charge is 0.303 e. The standard InChI is InChI=1S/C16H19N5O3/c22-15(23)8-3-12-2-1-9-20(10-12)16(24)13-4-6-14(7-5-13)21-11-17-18-19-21/h4-7,11-12H,1-3,8-10H2,(H,22,23)/t12-/m1/s1. The summed E-state index contributed by atoms with van der Waals surface area (Å²) in [7, 11) is 0. The Bertz CT molecular complexity index is 699. The van der Waals surface area contributed by atoms with Crippen LogP contribution in [-0.4, -0.2) is 55.2 Å². The summed E-state index contributed by atoms with van der Waals surface area (Å²) in [5.74, 6) is -0.533. The molecule has 1 amide bonds. The molecule has 0 aliphatic carbocycles. The van der Waals surface area contributed by atoms with E-state index >= 15 is 0 Å². The normalized spacial score (nSPS) is 17.7. The summed E-state index contributed by atoms with van der Waals surface area (Å²) in [5.41, 5.74) is 1.40. The number of benzene rings is 1. The Morgan fingerprint density at radius 1 is 1.25 bits per heavy atom. The maximum Gasteiger partial charge on any atom is 0.303 e. The molecule has 0 unspecified atom stereocenters. The van der Waals surface area contributed by atoms with E-state index < -0.39 is 5.97 Å². The van der Waals surface area contributed by atoms with E-state index in [1.807, 2.05) is 4.90 Å². The summed E-state index contributed by atoms with van der Waals surface area (Å²) >= 11 is 0. The molecule has 8 heteroatoms. The van der Waals surface area contributed by atoms with Gasteiger partial charge in [0.05, 0.1) is 5.69 Å². The van der Waals surface area contributed by atoms with Gasteiger partial charge in [-0.3, -0.25) is 9.59 Å². The van der Waals surface area contributed by atoms with Gasteiger partial charge in [0.1, 0.15) is 6.33 Å². The minimum atomic E-state index is -0.781. The van der Waals surface area contributed by atoms with Crippen molar-refractivity contribution in [2.45, 2.75) is 25.7 Å². The lowest BCUT2D eigenvalue weighted by Gasteiger charge is -2.32. The zero-order valence-corrected chi connectivity index (χ0v) is 13.2. The quantitative estimate of drug-likeness (QED) is 0.889. The molecular formula is C16H19N5O3. The Hall–Kier alpha value is -2.77. The van der Waals surface area contributed by atoms with Crippen molar-refractivity contribution < 1.29 is 14.7 Å². The van der Waals surface area contributed by atoms with Crippen molar-refractivity contribution in [2.75, 3.05) is 13.1 Å². The Kier molecular flexibility index (Phi) is 4.83. The van der Waals surface area contributed by atoms with Gasteiger partial charge in [0.2, 0.25) is 0 Å². The van der Waals surface area contributed by atoms with Crippen molar-refractivity contribution in [2.24, 2.45) is 5.92 Å². The second-order valence-corrected chi connectivity index (χ2v) is 5.99. The molecule has 24 heavy (non-hydrogen) atoms. The van der Waals surface area contributed by atoms with Crippen LogP contribution in [0.4, 0.5) is 0 Å². The molecule has 1 atom stereocenters. The van der Waals surface area contributed by atoms with Crippen molar-refractivity contribution >= 4 is 11.9 Å². The second kappa shape index (κ2) is 7.20. The number of nitrogens with zero attached hydrogens (tertiary/aromatic N) is 5. The molecule has 126 valence electrons. The van der Waals surface area contributed by atoms with Crippen LogP contribution in [0.25, 0.3) is 5.69 Å². The average molecular weight is 329 g/mol. The number of tetrazole rings is 1. The molecule has 8 nitrogen and oxygen atoms in total. The lowest BCUT2D eigenvalue weighted by molar-refractivity contribution is -0.137. The monoisotopic (exact) mass is 329 g/mol. The van der Waals surface area contributed by atoms with E-state index in [0.29, 0.717) is 18.5 Å². The highest BCUT2D eigenvalue weighted by atomic mass is 16.4. The summed E-state index contributed by atoms with van der Waals surface area (Å²) in [6, 6.07) is 7.13. The van der Waals surface area contributed by atoms with Gasteiger partial charge >= 0.3 is 5.97 Å². The van der Waals surface area contributed by atoms with Crippen molar-refractivity contribution in [3.8, 4) is 5.69 Å². The highest BCUT2D eigenvalue weighted by molar-refractivity contribution is 5.94. The largest absolute Gasteiger partial charge is 0.481 e. The van der Waals surface area contributed by atoms with Gasteiger partial charge in [-0.15, -0.1) is 5.10 Å². The Morgan fingerprint density at radius 3 is 2.71 bits per heavy atom. The molecule has 0 radical (unpaired) electrons. The van der Waals surface area contributed by atoms with E-state index in [1.165, 1.54) is 11.0 Å². The van der Waals surface area contributed by atoms with Crippen LogP contribution < -0.4 is 0 Å². The Balaban J connectivity index is 1.64. The van der Waals surface area contributed by atoms with E-state index in [4.69, 9.17) is 5.11 Å². The average Bonchev–Trinajstić information content (AvgIpc) is 3.14. The number of aliphatic carboxylic acids is 1. The van der Waals surface area contributed by atoms with Gasteiger partial charge in [-0.2, -0.15) is 0 Å². The van der Waals surface area contributed by atoms with E-state index in [0.717, 1.165) is 25.1 Å². The number of carboxylic acid groups (broad SMARTS) is 1. The fraction of sp³-hybridized carbons (Fsp3) is 0.438. The summed E-state index contributed by atoms with van der Waals surface area (Å²) in [6.07, 6.45) is 4.17. The molecule has 1 saturated heterocycles. The third-order valence-electron chi connectivity index (χ3n) is 4.30. The lowest BCUT2D eigenvalue weighted by atomic mass is 9.93. The zero-order valence-electron chi connectivity index (χ0n) is 13.2. The third-order valence-corrected chi connectivity index (χ3v) is 4.30. The molecular weight excluding hydrogens is 310 g/mol. The number of aromatic nitrogens is 4. The predicted molar refractivity (Wildman–Crippen MR) is 84.7 cm³/mol. The number of hydrogen-bond donors (Lipinski definition) is 1. The Morgan fingerprint density at radius 2 is 2.04 bits per heavy atom. The van der Waals surface area contributed by atoms with Gasteiger partial charge in [0.15, 0.2) is 0 Å². The molecule has 1 aromatic carbocycles. The van der Waals surface area contributed by atoms with Crippen LogP contribution in [0.15, 0.2) is 30.6 Å². The summed E-state index contributed by atoms with van der Waals surface area (Å²) < 4.78 is 1.52. The van der Waals surface area contributed by atoms with E-state index in [2.05, 4.69) is 15.5 Å². The van der Waals surface area contributed by atoms with Crippen LogP contribution in [0.2, 0.25) is 0 Å². The number of carboxylic acids is 1. The first-order chi connectivity index (χ1) is 11.6. The molecule has 1 aromatic heterocycles. The fourth-order valence-electron chi connectivity index (χ4n) is 3.03. The molecule has 0 bridgehead atoms. The van der Waals surface area contributed by atoms with Gasteiger partial charge in [-0.1, -0.05) is 0 Å².